The van der Waals surface area contributed by atoms with Crippen molar-refractivity contribution in [2.24, 2.45) is 0 Å². The summed E-state index contributed by atoms with van der Waals surface area (Å²) >= 11 is 11.3. The van der Waals surface area contributed by atoms with E-state index in [0.717, 1.165) is 0 Å². The smallest absolute Gasteiger partial charge is 0.193 e. The average molecular weight is 260 g/mol. The summed E-state index contributed by atoms with van der Waals surface area (Å²) in [6.07, 6.45) is 0. The van der Waals surface area contributed by atoms with E-state index in [9.17, 15) is 4.39 Å². The summed E-state index contributed by atoms with van der Waals surface area (Å²) < 4.78 is 18.1. The number of hydrogen-bond acceptors (Lipinski definition) is 2. The number of anilines is 1. The van der Waals surface area contributed by atoms with Crippen molar-refractivity contribution in [3.8, 4) is 0 Å². The molecular formula is C11H8Cl2FNO. The summed E-state index contributed by atoms with van der Waals surface area (Å²) in [7, 11) is 0. The predicted octanol–water partition coefficient (Wildman–Crippen LogP) is 4.34. The molecule has 0 aliphatic rings. The van der Waals surface area contributed by atoms with Crippen molar-refractivity contribution >= 4 is 28.9 Å². The van der Waals surface area contributed by atoms with Crippen molar-refractivity contribution in [1.29, 1.82) is 0 Å². The third kappa shape index (κ3) is 2.90. The molecule has 1 aromatic heterocycles. The van der Waals surface area contributed by atoms with Gasteiger partial charge in [0.25, 0.3) is 0 Å². The van der Waals surface area contributed by atoms with Crippen molar-refractivity contribution in [1.82, 2.24) is 0 Å². The van der Waals surface area contributed by atoms with Crippen LogP contribution in [0.15, 0.2) is 34.7 Å². The van der Waals surface area contributed by atoms with Gasteiger partial charge in [0.05, 0.1) is 6.54 Å². The molecule has 0 spiro atoms. The maximum atomic E-state index is 13.0. The van der Waals surface area contributed by atoms with E-state index in [2.05, 4.69) is 5.32 Å². The van der Waals surface area contributed by atoms with Crippen LogP contribution < -0.4 is 5.32 Å². The molecule has 0 atom stereocenters. The highest BCUT2D eigenvalue weighted by Gasteiger charge is 2.02. The van der Waals surface area contributed by atoms with Gasteiger partial charge in [-0.15, -0.1) is 0 Å². The lowest BCUT2D eigenvalue weighted by Gasteiger charge is -2.04. The molecule has 0 radical (unpaired) electrons. The van der Waals surface area contributed by atoms with Gasteiger partial charge in [-0.25, -0.2) is 4.39 Å². The molecule has 2 nitrogen and oxygen atoms in total. The highest BCUT2D eigenvalue weighted by atomic mass is 35.5. The van der Waals surface area contributed by atoms with Gasteiger partial charge in [-0.05, 0) is 41.9 Å². The van der Waals surface area contributed by atoms with Crippen LogP contribution in [0.3, 0.4) is 0 Å². The van der Waals surface area contributed by atoms with Crippen LogP contribution in [-0.2, 0) is 6.54 Å². The molecule has 1 aromatic carbocycles. The number of benzene rings is 1. The van der Waals surface area contributed by atoms with Crippen LogP contribution in [0.1, 0.15) is 5.76 Å². The van der Waals surface area contributed by atoms with E-state index in [4.69, 9.17) is 27.6 Å². The predicted molar refractivity (Wildman–Crippen MR) is 62.5 cm³/mol. The van der Waals surface area contributed by atoms with E-state index < -0.39 is 0 Å². The van der Waals surface area contributed by atoms with Gasteiger partial charge in [0.1, 0.15) is 11.6 Å². The molecule has 16 heavy (non-hydrogen) atoms. The molecule has 0 aliphatic heterocycles. The molecule has 2 aromatic rings. The lowest BCUT2D eigenvalue weighted by molar-refractivity contribution is 0.520. The van der Waals surface area contributed by atoms with Crippen LogP contribution >= 0.6 is 23.2 Å². The summed E-state index contributed by atoms with van der Waals surface area (Å²) in [5.41, 5.74) is 0.595. The zero-order valence-corrected chi connectivity index (χ0v) is 9.65. The Kier molecular flexibility index (Phi) is 3.36. The topological polar surface area (TPSA) is 25.2 Å². The third-order valence-corrected chi connectivity index (χ3v) is 2.38. The first kappa shape index (κ1) is 11.3. The van der Waals surface area contributed by atoms with Crippen LogP contribution in [0.4, 0.5) is 10.1 Å². The summed E-state index contributed by atoms with van der Waals surface area (Å²) in [5.74, 6) is 0.290. The summed E-state index contributed by atoms with van der Waals surface area (Å²) in [4.78, 5) is 0. The van der Waals surface area contributed by atoms with Crippen LogP contribution in [0.2, 0.25) is 10.2 Å². The highest BCUT2D eigenvalue weighted by molar-refractivity contribution is 6.30. The zero-order chi connectivity index (χ0) is 11.5. The lowest BCUT2D eigenvalue weighted by atomic mass is 10.3. The van der Waals surface area contributed by atoms with E-state index in [0.29, 0.717) is 28.2 Å². The number of hydrogen-bond donors (Lipinski definition) is 1. The fraction of sp³-hybridized carbons (Fsp3) is 0.0909. The van der Waals surface area contributed by atoms with E-state index in [-0.39, 0.29) is 5.82 Å². The summed E-state index contributed by atoms with van der Waals surface area (Å²) in [5, 5.41) is 3.65. The van der Waals surface area contributed by atoms with Gasteiger partial charge in [-0.1, -0.05) is 11.6 Å². The van der Waals surface area contributed by atoms with Crippen LogP contribution in [0.5, 0.6) is 0 Å². The second-order valence-corrected chi connectivity index (χ2v) is 4.03. The number of rotatable bonds is 3. The largest absolute Gasteiger partial charge is 0.448 e. The van der Waals surface area contributed by atoms with E-state index in [1.165, 1.54) is 12.1 Å². The molecule has 0 unspecified atom stereocenters. The lowest BCUT2D eigenvalue weighted by Crippen LogP contribution is -1.98. The second-order valence-electron chi connectivity index (χ2n) is 3.22. The number of halogens is 3. The van der Waals surface area contributed by atoms with E-state index in [1.807, 2.05) is 0 Å². The van der Waals surface area contributed by atoms with Gasteiger partial charge >= 0.3 is 0 Å². The molecular weight excluding hydrogens is 252 g/mol. The molecule has 84 valence electrons. The Hall–Kier alpha value is -1.19. The maximum Gasteiger partial charge on any atom is 0.193 e. The van der Waals surface area contributed by atoms with Crippen molar-refractivity contribution in [2.45, 2.75) is 6.54 Å². The molecule has 1 heterocycles. The monoisotopic (exact) mass is 259 g/mol. The Bertz CT molecular complexity index is 478. The third-order valence-electron chi connectivity index (χ3n) is 1.96. The first-order chi connectivity index (χ1) is 7.63. The minimum atomic E-state index is -0.382. The Morgan fingerprint density at radius 1 is 1.19 bits per heavy atom. The summed E-state index contributed by atoms with van der Waals surface area (Å²) in [6.45, 7) is 0.423. The first-order valence-electron chi connectivity index (χ1n) is 4.58. The van der Waals surface area contributed by atoms with Crippen molar-refractivity contribution in [2.75, 3.05) is 5.32 Å². The van der Waals surface area contributed by atoms with Gasteiger partial charge in [0, 0.05) is 10.7 Å². The number of nitrogens with one attached hydrogen (secondary N) is 1. The standard InChI is InChI=1S/C11H8Cl2FNO/c12-7-3-8(14)5-9(4-7)15-6-10-1-2-11(13)16-10/h1-5,15H,6H2. The highest BCUT2D eigenvalue weighted by Crippen LogP contribution is 2.19. The quantitative estimate of drug-likeness (QED) is 0.888. The zero-order valence-electron chi connectivity index (χ0n) is 8.14. The first-order valence-corrected chi connectivity index (χ1v) is 5.33. The van der Waals surface area contributed by atoms with E-state index >= 15 is 0 Å². The minimum Gasteiger partial charge on any atom is -0.448 e. The summed E-state index contributed by atoms with van der Waals surface area (Å²) in [6, 6.07) is 7.63. The Labute approximate surface area is 102 Å². The van der Waals surface area contributed by atoms with Gasteiger partial charge in [0.2, 0.25) is 0 Å². The van der Waals surface area contributed by atoms with Gasteiger partial charge < -0.3 is 9.73 Å². The van der Waals surface area contributed by atoms with Crippen LogP contribution in [0, 0.1) is 5.82 Å². The Balaban J connectivity index is 2.04. The Morgan fingerprint density at radius 3 is 2.62 bits per heavy atom. The molecule has 0 amide bonds. The number of furan rings is 1. The molecule has 5 heteroatoms. The molecule has 1 N–H and O–H groups in total. The molecule has 0 aliphatic carbocycles. The SMILES string of the molecule is Fc1cc(Cl)cc(NCc2ccc(Cl)o2)c1. The fourth-order valence-electron chi connectivity index (χ4n) is 1.29. The molecule has 0 saturated heterocycles. The second kappa shape index (κ2) is 4.76. The normalized spacial score (nSPS) is 10.4. The molecule has 0 saturated carbocycles. The maximum absolute atomic E-state index is 13.0. The average Bonchev–Trinajstić information content (AvgIpc) is 2.60. The van der Waals surface area contributed by atoms with Crippen LogP contribution in [0.25, 0.3) is 0 Å². The van der Waals surface area contributed by atoms with Gasteiger partial charge in [-0.3, -0.25) is 0 Å². The minimum absolute atomic E-state index is 0.328. The Morgan fingerprint density at radius 2 is 2.00 bits per heavy atom. The fourth-order valence-corrected chi connectivity index (χ4v) is 1.68. The van der Waals surface area contributed by atoms with Crippen molar-refractivity contribution in [3.05, 3.63) is 52.2 Å². The van der Waals surface area contributed by atoms with Crippen molar-refractivity contribution in [3.63, 3.8) is 0 Å². The van der Waals surface area contributed by atoms with Crippen LogP contribution in [-0.4, -0.2) is 0 Å². The molecule has 0 bridgehead atoms. The molecule has 0 fully saturated rings. The van der Waals surface area contributed by atoms with E-state index in [1.54, 1.807) is 18.2 Å². The van der Waals surface area contributed by atoms with Gasteiger partial charge in [-0.2, -0.15) is 0 Å². The van der Waals surface area contributed by atoms with Crippen molar-refractivity contribution < 1.29 is 8.81 Å². The van der Waals surface area contributed by atoms with Gasteiger partial charge in [0.15, 0.2) is 5.22 Å². The molecule has 2 rings (SSSR count).